The van der Waals surface area contributed by atoms with Gasteiger partial charge in [0.1, 0.15) is 5.82 Å². The van der Waals surface area contributed by atoms with Crippen LogP contribution in [-0.4, -0.2) is 96.0 Å². The molecule has 6 nitrogen and oxygen atoms in total. The minimum atomic E-state index is -2.40. The van der Waals surface area contributed by atoms with Crippen LogP contribution in [0, 0.1) is 21.7 Å². The summed E-state index contributed by atoms with van der Waals surface area (Å²) in [5, 5.41) is 3.27. The Labute approximate surface area is 313 Å². The number of halogens is 2. The van der Waals surface area contributed by atoms with Crippen molar-refractivity contribution in [2.45, 2.75) is 134 Å². The molecule has 0 aromatic carbocycles. The van der Waals surface area contributed by atoms with Crippen molar-refractivity contribution in [3.8, 4) is 0 Å². The average Bonchev–Trinajstić information content (AvgIpc) is 2.96. The van der Waals surface area contributed by atoms with Crippen molar-refractivity contribution in [1.82, 2.24) is 24.7 Å². The zero-order valence-electron chi connectivity index (χ0n) is 35.6. The minimum Gasteiger partial charge on any atom is -0.370 e. The van der Waals surface area contributed by atoms with E-state index < -0.39 is 5.92 Å². The van der Waals surface area contributed by atoms with Gasteiger partial charge in [0.05, 0.1) is 13.1 Å². The summed E-state index contributed by atoms with van der Waals surface area (Å²) in [6.45, 7) is 34.5. The highest BCUT2D eigenvalue weighted by Crippen LogP contribution is 2.29. The maximum absolute atomic E-state index is 12.4. The lowest BCUT2D eigenvalue weighted by Crippen LogP contribution is -2.66. The molecule has 4 heterocycles. The molecule has 2 fully saturated rings. The van der Waals surface area contributed by atoms with Gasteiger partial charge in [0.2, 0.25) is 0 Å². The van der Waals surface area contributed by atoms with Gasteiger partial charge in [-0.25, -0.2) is 13.8 Å². The fourth-order valence-corrected chi connectivity index (χ4v) is 5.28. The molecule has 0 atom stereocenters. The van der Waals surface area contributed by atoms with Gasteiger partial charge in [0.25, 0.3) is 5.92 Å². The zero-order chi connectivity index (χ0) is 39.2. The summed E-state index contributed by atoms with van der Waals surface area (Å²) in [4.78, 5) is 15.2. The SMILES string of the molecule is CC(C)(C)CCCc1ccccn1.CC(C)(C)CCN1CC(F)(F)C1.CC(C)(C)CNc1ccccn1.CN(C)C1(C)CN(CCC(C)(C)C)C1. The second kappa shape index (κ2) is 20.3. The van der Waals surface area contributed by atoms with Gasteiger partial charge < -0.3 is 10.2 Å². The Morgan fingerprint density at radius 3 is 1.51 bits per heavy atom. The highest BCUT2D eigenvalue weighted by atomic mass is 19.3. The number of nitrogens with zero attached hydrogens (tertiary/aromatic N) is 5. The van der Waals surface area contributed by atoms with Crippen molar-refractivity contribution < 1.29 is 8.78 Å². The lowest BCUT2D eigenvalue weighted by atomic mass is 9.87. The molecular weight excluding hydrogens is 639 g/mol. The zero-order valence-corrected chi connectivity index (χ0v) is 35.6. The molecule has 0 amide bonds. The van der Waals surface area contributed by atoms with Crippen molar-refractivity contribution in [3.05, 3.63) is 54.5 Å². The number of nitrogens with one attached hydrogen (secondary N) is 1. The van der Waals surface area contributed by atoms with E-state index in [4.69, 9.17) is 0 Å². The lowest BCUT2D eigenvalue weighted by molar-refractivity contribution is -0.132. The van der Waals surface area contributed by atoms with Crippen molar-refractivity contribution in [2.75, 3.05) is 65.2 Å². The van der Waals surface area contributed by atoms with E-state index in [0.717, 1.165) is 31.7 Å². The maximum Gasteiger partial charge on any atom is 0.272 e. The smallest absolute Gasteiger partial charge is 0.272 e. The van der Waals surface area contributed by atoms with E-state index >= 15 is 0 Å². The third-order valence-corrected chi connectivity index (χ3v) is 9.02. The molecular formula is C43H78F2N6. The Hall–Kier alpha value is -2.16. The Morgan fingerprint density at radius 2 is 1.14 bits per heavy atom. The standard InChI is InChI=1S/C12H26N2.C12H19N.C10H16N2.C9H17F2N/c1-11(2,3)7-8-14-9-12(4,10-14)13(5)6;1-12(2,3)9-6-8-11-7-4-5-10-13-11;1-10(2,3)8-12-9-6-4-5-7-11-9;1-8(2,3)4-5-12-6-9(10,11)7-12/h7-10H2,1-6H3;4-5,7,10H,6,8-9H2,1-3H3;4-7H,8H2,1-3H3,(H,11,12);4-7H2,1-3H3. The molecule has 4 rings (SSSR count). The van der Waals surface area contributed by atoms with Crippen molar-refractivity contribution in [2.24, 2.45) is 21.7 Å². The van der Waals surface area contributed by atoms with Crippen LogP contribution in [0.1, 0.15) is 121 Å². The van der Waals surface area contributed by atoms with E-state index in [9.17, 15) is 8.78 Å². The number of rotatable bonds is 10. The van der Waals surface area contributed by atoms with Crippen molar-refractivity contribution in [3.63, 3.8) is 0 Å². The number of aromatic nitrogens is 2. The minimum absolute atomic E-state index is 0.0386. The molecule has 2 aromatic rings. The molecule has 2 aliphatic heterocycles. The van der Waals surface area contributed by atoms with Gasteiger partial charge in [0, 0.05) is 43.3 Å². The van der Waals surface area contributed by atoms with E-state index in [2.05, 4.69) is 141 Å². The lowest BCUT2D eigenvalue weighted by Gasteiger charge is -2.52. The first-order valence-corrected chi connectivity index (χ1v) is 19.2. The fraction of sp³-hybridized carbons (Fsp3) is 0.767. The van der Waals surface area contributed by atoms with Crippen LogP contribution >= 0.6 is 0 Å². The van der Waals surface area contributed by atoms with Crippen LogP contribution in [0.15, 0.2) is 48.8 Å². The Kier molecular flexibility index (Phi) is 18.7. The van der Waals surface area contributed by atoms with Crippen LogP contribution in [0.4, 0.5) is 14.6 Å². The summed E-state index contributed by atoms with van der Waals surface area (Å²) in [6.07, 6.45) is 9.57. The molecule has 0 unspecified atom stereocenters. The Bertz CT molecular complexity index is 1180. The molecule has 2 saturated heterocycles. The highest BCUT2D eigenvalue weighted by Gasteiger charge is 2.43. The van der Waals surface area contributed by atoms with Crippen molar-refractivity contribution in [1.29, 1.82) is 0 Å². The van der Waals surface area contributed by atoms with Gasteiger partial charge in [-0.15, -0.1) is 0 Å². The van der Waals surface area contributed by atoms with Crippen LogP contribution in [0.25, 0.3) is 0 Å². The number of alkyl halides is 2. The molecule has 0 spiro atoms. The summed E-state index contributed by atoms with van der Waals surface area (Å²) < 4.78 is 24.7. The first kappa shape index (κ1) is 46.9. The molecule has 0 bridgehead atoms. The Balaban J connectivity index is 0.000000341. The molecule has 0 aliphatic carbocycles. The molecule has 51 heavy (non-hydrogen) atoms. The second-order valence-electron chi connectivity index (χ2n) is 20.2. The average molecular weight is 717 g/mol. The van der Waals surface area contributed by atoms with Crippen LogP contribution in [0.3, 0.4) is 0 Å². The third-order valence-electron chi connectivity index (χ3n) is 9.02. The molecule has 2 aliphatic rings. The number of aryl methyl sites for hydroxylation is 1. The molecule has 0 radical (unpaired) electrons. The largest absolute Gasteiger partial charge is 0.370 e. The monoisotopic (exact) mass is 717 g/mol. The van der Waals surface area contributed by atoms with Gasteiger partial charge in [-0.2, -0.15) is 0 Å². The number of hydrogen-bond acceptors (Lipinski definition) is 6. The van der Waals surface area contributed by atoms with E-state index in [0.29, 0.717) is 21.8 Å². The highest BCUT2D eigenvalue weighted by molar-refractivity contribution is 5.33. The van der Waals surface area contributed by atoms with Crippen LogP contribution < -0.4 is 5.32 Å². The van der Waals surface area contributed by atoms with Crippen molar-refractivity contribution >= 4 is 5.82 Å². The van der Waals surface area contributed by atoms with Crippen LogP contribution in [0.2, 0.25) is 0 Å². The van der Waals surface area contributed by atoms with E-state index in [-0.39, 0.29) is 18.5 Å². The number of likely N-dealkylation sites (tertiary alicyclic amines) is 2. The number of likely N-dealkylation sites (N-methyl/N-ethyl adjacent to an activating group) is 1. The number of hydrogen-bond donors (Lipinski definition) is 1. The fourth-order valence-electron chi connectivity index (χ4n) is 5.28. The van der Waals surface area contributed by atoms with Gasteiger partial charge in [0.15, 0.2) is 0 Å². The van der Waals surface area contributed by atoms with Crippen LogP contribution in [0.5, 0.6) is 0 Å². The topological polar surface area (TPSA) is 47.5 Å². The van der Waals surface area contributed by atoms with E-state index in [1.54, 1.807) is 6.20 Å². The van der Waals surface area contributed by atoms with E-state index in [1.165, 1.54) is 44.6 Å². The maximum atomic E-state index is 12.4. The third kappa shape index (κ3) is 23.9. The normalized spacial score (nSPS) is 17.4. The summed E-state index contributed by atoms with van der Waals surface area (Å²) in [5.74, 6) is -1.45. The number of anilines is 1. The molecule has 1 N–H and O–H groups in total. The molecule has 294 valence electrons. The predicted molar refractivity (Wildman–Crippen MR) is 217 cm³/mol. The molecule has 2 aromatic heterocycles. The number of pyridine rings is 2. The predicted octanol–water partition coefficient (Wildman–Crippen LogP) is 10.4. The van der Waals surface area contributed by atoms with E-state index in [1.807, 2.05) is 35.4 Å². The first-order chi connectivity index (χ1) is 23.2. The first-order valence-electron chi connectivity index (χ1n) is 19.2. The van der Waals surface area contributed by atoms with Gasteiger partial charge in [-0.05, 0) is 112 Å². The van der Waals surface area contributed by atoms with Gasteiger partial charge >= 0.3 is 0 Å². The summed E-state index contributed by atoms with van der Waals surface area (Å²) in [7, 11) is 4.36. The molecule has 0 saturated carbocycles. The second-order valence-corrected chi connectivity index (χ2v) is 20.2. The quantitative estimate of drug-likeness (QED) is 0.264. The van der Waals surface area contributed by atoms with Crippen LogP contribution in [-0.2, 0) is 6.42 Å². The summed E-state index contributed by atoms with van der Waals surface area (Å²) in [5.41, 5.74) is 3.13. The molecule has 8 heteroatoms. The Morgan fingerprint density at radius 1 is 0.667 bits per heavy atom. The van der Waals surface area contributed by atoms with Gasteiger partial charge in [-0.3, -0.25) is 14.8 Å². The summed E-state index contributed by atoms with van der Waals surface area (Å²) in [6, 6.07) is 12.0. The van der Waals surface area contributed by atoms with Gasteiger partial charge in [-0.1, -0.05) is 95.2 Å². The summed E-state index contributed by atoms with van der Waals surface area (Å²) >= 11 is 0.